The molecule has 0 atom stereocenters. The third-order valence-corrected chi connectivity index (χ3v) is 9.05. The Kier molecular flexibility index (Phi) is 7.80. The summed E-state index contributed by atoms with van der Waals surface area (Å²) in [5, 5.41) is 14.0. The Morgan fingerprint density at radius 2 is 1.74 bits per heavy atom. The molecule has 0 saturated carbocycles. The number of sulfonamides is 2. The minimum Gasteiger partial charge on any atom is -0.507 e. The number of phenolic OH excluding ortho intramolecular Hbond substituents is 1. The van der Waals surface area contributed by atoms with Crippen LogP contribution in [0.1, 0.15) is 10.4 Å². The lowest BCUT2D eigenvalue weighted by molar-refractivity contribution is -0.119. The van der Waals surface area contributed by atoms with Gasteiger partial charge in [0.2, 0.25) is 10.0 Å². The molecule has 11 nitrogen and oxygen atoms in total. The lowest BCUT2D eigenvalue weighted by Gasteiger charge is -2.13. The van der Waals surface area contributed by atoms with Crippen LogP contribution < -0.4 is 10.0 Å². The maximum Gasteiger partial charge on any atom is 0.342 e. The third-order valence-electron chi connectivity index (χ3n) is 4.46. The van der Waals surface area contributed by atoms with Crippen molar-refractivity contribution in [3.05, 3.63) is 65.5 Å². The number of hydrogen-bond donors (Lipinski definition) is 3. The minimum absolute atomic E-state index is 0.00604. The van der Waals surface area contributed by atoms with Crippen LogP contribution >= 0.6 is 11.3 Å². The number of amides is 1. The predicted molar refractivity (Wildman–Crippen MR) is 129 cm³/mol. The molecule has 3 aromatic rings. The summed E-state index contributed by atoms with van der Waals surface area (Å²) in [6.07, 6.45) is 0. The minimum atomic E-state index is -3.88. The molecule has 1 heterocycles. The fourth-order valence-electron chi connectivity index (χ4n) is 2.74. The van der Waals surface area contributed by atoms with Crippen LogP contribution in [0.15, 0.2) is 69.1 Å². The number of ether oxygens (including phenoxy) is 1. The van der Waals surface area contributed by atoms with Crippen LogP contribution in [-0.2, 0) is 29.6 Å². The molecule has 0 fully saturated rings. The number of esters is 1. The number of carbonyl (C=O) groups is 2. The Morgan fingerprint density at radius 1 is 1.00 bits per heavy atom. The SMILES string of the molecule is CN(C)S(=O)(=O)c1cccc(NC(=O)COC(=O)c2cc(NS(=O)(=O)c3cccs3)ccc2O)c1. The Hall–Kier alpha value is -3.46. The lowest BCUT2D eigenvalue weighted by Crippen LogP contribution is -2.23. The van der Waals surface area contributed by atoms with Crippen LogP contribution in [0, 0.1) is 0 Å². The Balaban J connectivity index is 1.66. The van der Waals surface area contributed by atoms with Gasteiger partial charge in [-0.3, -0.25) is 9.52 Å². The molecule has 0 aliphatic carbocycles. The maximum absolute atomic E-state index is 12.4. The van der Waals surface area contributed by atoms with E-state index in [0.717, 1.165) is 27.8 Å². The first kappa shape index (κ1) is 26.2. The molecule has 0 radical (unpaired) electrons. The third kappa shape index (κ3) is 6.36. The van der Waals surface area contributed by atoms with E-state index in [4.69, 9.17) is 4.74 Å². The molecule has 1 amide bonds. The molecule has 0 aliphatic heterocycles. The van der Waals surface area contributed by atoms with Crippen LogP contribution in [0.25, 0.3) is 0 Å². The van der Waals surface area contributed by atoms with Gasteiger partial charge in [0.25, 0.3) is 15.9 Å². The molecule has 3 rings (SSSR count). The summed E-state index contributed by atoms with van der Waals surface area (Å²) in [6, 6.07) is 12.0. The number of carbonyl (C=O) groups excluding carboxylic acids is 2. The number of thiophene rings is 1. The highest BCUT2D eigenvalue weighted by atomic mass is 32.2. The van der Waals surface area contributed by atoms with E-state index in [9.17, 15) is 31.5 Å². The van der Waals surface area contributed by atoms with Gasteiger partial charge in [0, 0.05) is 25.5 Å². The van der Waals surface area contributed by atoms with E-state index in [0.29, 0.717) is 0 Å². The Morgan fingerprint density at radius 3 is 2.40 bits per heavy atom. The first-order valence-electron chi connectivity index (χ1n) is 9.79. The molecule has 0 unspecified atom stereocenters. The van der Waals surface area contributed by atoms with Crippen molar-refractivity contribution in [1.29, 1.82) is 0 Å². The number of benzene rings is 2. The molecule has 0 spiro atoms. The average Bonchev–Trinajstić information content (AvgIpc) is 3.35. The van der Waals surface area contributed by atoms with Crippen LogP contribution in [0.4, 0.5) is 11.4 Å². The normalized spacial score (nSPS) is 11.7. The van der Waals surface area contributed by atoms with Crippen molar-refractivity contribution < 1.29 is 36.3 Å². The number of nitrogens with one attached hydrogen (secondary N) is 2. The fourth-order valence-corrected chi connectivity index (χ4v) is 5.73. The zero-order chi connectivity index (χ0) is 25.8. The number of hydrogen-bond acceptors (Lipinski definition) is 9. The van der Waals surface area contributed by atoms with E-state index < -0.39 is 44.3 Å². The highest BCUT2D eigenvalue weighted by Crippen LogP contribution is 2.26. The van der Waals surface area contributed by atoms with Crippen molar-refractivity contribution in [2.75, 3.05) is 30.7 Å². The number of rotatable bonds is 9. The van der Waals surface area contributed by atoms with E-state index in [2.05, 4.69) is 10.0 Å². The zero-order valence-corrected chi connectivity index (χ0v) is 20.9. The van der Waals surface area contributed by atoms with Gasteiger partial charge in [-0.15, -0.1) is 11.3 Å². The first-order chi connectivity index (χ1) is 16.4. The Bertz CT molecular complexity index is 1450. The van der Waals surface area contributed by atoms with Crippen LogP contribution in [0.2, 0.25) is 0 Å². The second kappa shape index (κ2) is 10.4. The molecule has 35 heavy (non-hydrogen) atoms. The summed E-state index contributed by atoms with van der Waals surface area (Å²) in [5.74, 6) is -2.30. The fraction of sp³-hybridized carbons (Fsp3) is 0.143. The van der Waals surface area contributed by atoms with Gasteiger partial charge in [0.1, 0.15) is 15.5 Å². The molecule has 0 bridgehead atoms. The summed E-state index contributed by atoms with van der Waals surface area (Å²) in [7, 11) is -4.85. The van der Waals surface area contributed by atoms with E-state index in [1.807, 2.05) is 0 Å². The van der Waals surface area contributed by atoms with E-state index in [-0.39, 0.29) is 26.0 Å². The number of nitrogens with zero attached hydrogens (tertiary/aromatic N) is 1. The van der Waals surface area contributed by atoms with Gasteiger partial charge in [-0.25, -0.2) is 25.9 Å². The largest absolute Gasteiger partial charge is 0.507 e. The smallest absolute Gasteiger partial charge is 0.342 e. The van der Waals surface area contributed by atoms with Crippen molar-refractivity contribution in [3.63, 3.8) is 0 Å². The average molecular weight is 540 g/mol. The van der Waals surface area contributed by atoms with Crippen LogP contribution in [0.5, 0.6) is 5.75 Å². The monoisotopic (exact) mass is 539 g/mol. The van der Waals surface area contributed by atoms with Gasteiger partial charge in [0.05, 0.1) is 4.90 Å². The second-order valence-electron chi connectivity index (χ2n) is 7.21. The molecular formula is C21H21N3O8S3. The first-order valence-corrected chi connectivity index (χ1v) is 13.6. The second-order valence-corrected chi connectivity index (χ2v) is 12.2. The number of phenols is 1. The lowest BCUT2D eigenvalue weighted by atomic mass is 10.2. The summed E-state index contributed by atoms with van der Waals surface area (Å²) in [5.41, 5.74) is -0.184. The predicted octanol–water partition coefficient (Wildman–Crippen LogP) is 2.30. The van der Waals surface area contributed by atoms with E-state index in [1.165, 1.54) is 50.5 Å². The van der Waals surface area contributed by atoms with E-state index >= 15 is 0 Å². The summed E-state index contributed by atoms with van der Waals surface area (Å²) in [4.78, 5) is 24.6. The topological polar surface area (TPSA) is 159 Å². The molecule has 0 aliphatic rings. The molecule has 14 heteroatoms. The van der Waals surface area contributed by atoms with Crippen molar-refractivity contribution in [3.8, 4) is 5.75 Å². The highest BCUT2D eigenvalue weighted by molar-refractivity contribution is 7.94. The molecule has 0 saturated heterocycles. The van der Waals surface area contributed by atoms with Gasteiger partial charge in [-0.05, 0) is 47.8 Å². The van der Waals surface area contributed by atoms with Crippen molar-refractivity contribution >= 4 is 54.6 Å². The summed E-state index contributed by atoms with van der Waals surface area (Å²) >= 11 is 1.01. The quantitative estimate of drug-likeness (QED) is 0.276. The number of aromatic hydroxyl groups is 1. The van der Waals surface area contributed by atoms with Crippen molar-refractivity contribution in [2.24, 2.45) is 0 Å². The Labute approximate surface area is 206 Å². The zero-order valence-electron chi connectivity index (χ0n) is 18.5. The van der Waals surface area contributed by atoms with Gasteiger partial charge in [-0.2, -0.15) is 0 Å². The highest BCUT2D eigenvalue weighted by Gasteiger charge is 2.20. The standard InChI is InChI=1S/C21H21N3O8S3/c1-24(2)35(30,31)16-6-3-5-14(11-16)22-19(26)13-32-21(27)17-12-15(8-9-18(17)25)23-34(28,29)20-7-4-10-33-20/h3-12,23,25H,13H2,1-2H3,(H,22,26). The van der Waals surface area contributed by atoms with Gasteiger partial charge in [0.15, 0.2) is 6.61 Å². The molecule has 186 valence electrons. The molecule has 2 aromatic carbocycles. The van der Waals surface area contributed by atoms with Crippen molar-refractivity contribution in [1.82, 2.24) is 4.31 Å². The molecule has 3 N–H and O–H groups in total. The van der Waals surface area contributed by atoms with Crippen LogP contribution in [0.3, 0.4) is 0 Å². The summed E-state index contributed by atoms with van der Waals surface area (Å²) < 4.78 is 57.5. The molecular weight excluding hydrogens is 518 g/mol. The van der Waals surface area contributed by atoms with Crippen LogP contribution in [-0.4, -0.2) is 58.8 Å². The number of anilines is 2. The summed E-state index contributed by atoms with van der Waals surface area (Å²) in [6.45, 7) is -0.742. The van der Waals surface area contributed by atoms with Crippen molar-refractivity contribution in [2.45, 2.75) is 9.10 Å². The van der Waals surface area contributed by atoms with Gasteiger partial charge in [-0.1, -0.05) is 12.1 Å². The van der Waals surface area contributed by atoms with Gasteiger partial charge >= 0.3 is 5.97 Å². The van der Waals surface area contributed by atoms with Gasteiger partial charge < -0.3 is 15.2 Å². The maximum atomic E-state index is 12.4. The van der Waals surface area contributed by atoms with E-state index in [1.54, 1.807) is 11.4 Å². The molecule has 1 aromatic heterocycles.